The molecule has 1 aliphatic heterocycles. The molecule has 0 aliphatic carbocycles. The molecule has 0 unspecified atom stereocenters. The zero-order chi connectivity index (χ0) is 10.1. The molecule has 2 rings (SSSR count). The Labute approximate surface area is 80.6 Å². The van der Waals surface area contributed by atoms with E-state index in [0.717, 1.165) is 5.56 Å². The van der Waals surface area contributed by atoms with Crippen LogP contribution in [0.25, 0.3) is 10.4 Å². The Hall–Kier alpha value is -2.00. The third kappa shape index (κ3) is 1.11. The Morgan fingerprint density at radius 1 is 1.57 bits per heavy atom. The Bertz CT molecular complexity index is 448. The molecule has 0 saturated heterocycles. The van der Waals surface area contributed by atoms with Crippen LogP contribution in [-0.2, 0) is 6.54 Å². The highest BCUT2D eigenvalue weighted by Gasteiger charge is 2.26. The molecule has 1 amide bonds. The van der Waals surface area contributed by atoms with Gasteiger partial charge >= 0.3 is 0 Å². The van der Waals surface area contributed by atoms with Crippen molar-refractivity contribution in [1.82, 2.24) is 4.90 Å². The van der Waals surface area contributed by atoms with Crippen LogP contribution in [-0.4, -0.2) is 17.9 Å². The van der Waals surface area contributed by atoms with E-state index in [0.29, 0.717) is 17.8 Å². The number of azide groups is 1. The molecule has 5 heteroatoms. The zero-order valence-electron chi connectivity index (χ0n) is 7.64. The molecule has 0 radical (unpaired) electrons. The summed E-state index contributed by atoms with van der Waals surface area (Å²) in [6.45, 7) is 0.586. The fourth-order valence-electron chi connectivity index (χ4n) is 1.61. The molecule has 0 atom stereocenters. The molecule has 0 bridgehead atoms. The predicted molar refractivity (Wildman–Crippen MR) is 51.0 cm³/mol. The number of hydrogen-bond acceptors (Lipinski definition) is 2. The number of fused-ring (bicyclic) bond motifs is 1. The average molecular weight is 188 g/mol. The number of nitrogens with zero attached hydrogens (tertiary/aromatic N) is 4. The largest absolute Gasteiger partial charge is 0.337 e. The molecular formula is C9H8N4O. The van der Waals surface area contributed by atoms with Crippen LogP contribution in [0.3, 0.4) is 0 Å². The van der Waals surface area contributed by atoms with Crippen LogP contribution in [0, 0.1) is 0 Å². The van der Waals surface area contributed by atoms with Gasteiger partial charge in [-0.3, -0.25) is 4.79 Å². The molecule has 5 nitrogen and oxygen atoms in total. The molecular weight excluding hydrogens is 180 g/mol. The van der Waals surface area contributed by atoms with E-state index < -0.39 is 0 Å². The van der Waals surface area contributed by atoms with E-state index in [-0.39, 0.29) is 5.91 Å². The first kappa shape index (κ1) is 8.59. The number of amides is 1. The van der Waals surface area contributed by atoms with Crippen molar-refractivity contribution in [2.24, 2.45) is 5.11 Å². The number of rotatable bonds is 1. The lowest BCUT2D eigenvalue weighted by atomic mass is 10.1. The van der Waals surface area contributed by atoms with Crippen molar-refractivity contribution < 1.29 is 4.79 Å². The molecule has 0 N–H and O–H groups in total. The van der Waals surface area contributed by atoms with Gasteiger partial charge in [0.15, 0.2) is 0 Å². The summed E-state index contributed by atoms with van der Waals surface area (Å²) < 4.78 is 0. The van der Waals surface area contributed by atoms with Gasteiger partial charge in [0, 0.05) is 18.5 Å². The highest BCUT2D eigenvalue weighted by molar-refractivity contribution is 6.02. The maximum atomic E-state index is 11.6. The van der Waals surface area contributed by atoms with Gasteiger partial charge in [-0.25, -0.2) is 0 Å². The minimum Gasteiger partial charge on any atom is -0.337 e. The summed E-state index contributed by atoms with van der Waals surface area (Å²) in [6, 6.07) is 5.30. The quantitative estimate of drug-likeness (QED) is 0.378. The van der Waals surface area contributed by atoms with Gasteiger partial charge in [0.2, 0.25) is 0 Å². The van der Waals surface area contributed by atoms with E-state index in [1.807, 2.05) is 6.07 Å². The van der Waals surface area contributed by atoms with Crippen LogP contribution in [0.1, 0.15) is 15.9 Å². The van der Waals surface area contributed by atoms with Crippen molar-refractivity contribution in [2.75, 3.05) is 7.05 Å². The van der Waals surface area contributed by atoms with E-state index in [1.54, 1.807) is 24.1 Å². The summed E-state index contributed by atoms with van der Waals surface area (Å²) in [7, 11) is 1.72. The maximum absolute atomic E-state index is 11.6. The normalized spacial score (nSPS) is 13.8. The third-order valence-electron chi connectivity index (χ3n) is 2.25. The number of carbonyl (C=O) groups excluding carboxylic acids is 1. The van der Waals surface area contributed by atoms with Crippen molar-refractivity contribution in [3.63, 3.8) is 0 Å². The van der Waals surface area contributed by atoms with Crippen LogP contribution >= 0.6 is 0 Å². The maximum Gasteiger partial charge on any atom is 0.254 e. The Morgan fingerprint density at radius 2 is 2.36 bits per heavy atom. The Kier molecular flexibility index (Phi) is 1.87. The van der Waals surface area contributed by atoms with Gasteiger partial charge in [-0.2, -0.15) is 0 Å². The summed E-state index contributed by atoms with van der Waals surface area (Å²) in [5.41, 5.74) is 10.2. The Balaban J connectivity index is 2.63. The van der Waals surface area contributed by atoms with Crippen LogP contribution in [0.15, 0.2) is 23.3 Å². The van der Waals surface area contributed by atoms with Crippen molar-refractivity contribution >= 4 is 11.6 Å². The van der Waals surface area contributed by atoms with E-state index >= 15 is 0 Å². The van der Waals surface area contributed by atoms with Crippen molar-refractivity contribution in [3.8, 4) is 0 Å². The topological polar surface area (TPSA) is 69.1 Å². The Morgan fingerprint density at radius 3 is 3.07 bits per heavy atom. The van der Waals surface area contributed by atoms with Crippen molar-refractivity contribution in [2.45, 2.75) is 6.54 Å². The highest BCUT2D eigenvalue weighted by Crippen LogP contribution is 2.30. The van der Waals surface area contributed by atoms with E-state index in [4.69, 9.17) is 5.53 Å². The molecule has 1 aromatic rings. The first-order chi connectivity index (χ1) is 6.74. The van der Waals surface area contributed by atoms with Gasteiger partial charge in [-0.05, 0) is 11.1 Å². The lowest BCUT2D eigenvalue weighted by molar-refractivity contribution is 0.0817. The number of carbonyl (C=O) groups is 1. The SMILES string of the molecule is CN1Cc2cccc(N=[N+]=[N-])c2C1=O. The monoisotopic (exact) mass is 188 g/mol. The standard InChI is InChI=1S/C9H8N4O/c1-13-5-6-3-2-4-7(11-12-10)8(6)9(13)14/h2-4H,5H2,1H3. The minimum absolute atomic E-state index is 0.0806. The zero-order valence-corrected chi connectivity index (χ0v) is 7.64. The van der Waals surface area contributed by atoms with Gasteiger partial charge in [-0.1, -0.05) is 23.3 Å². The fourth-order valence-corrected chi connectivity index (χ4v) is 1.61. The predicted octanol–water partition coefficient (Wildman–Crippen LogP) is 2.21. The summed E-state index contributed by atoms with van der Waals surface area (Å²) in [5, 5.41) is 3.50. The third-order valence-corrected chi connectivity index (χ3v) is 2.25. The minimum atomic E-state index is -0.0806. The van der Waals surface area contributed by atoms with E-state index in [1.165, 1.54) is 0 Å². The summed E-state index contributed by atoms with van der Waals surface area (Å²) in [4.78, 5) is 15.9. The second-order valence-corrected chi connectivity index (χ2v) is 3.16. The summed E-state index contributed by atoms with van der Waals surface area (Å²) in [5.74, 6) is -0.0806. The van der Waals surface area contributed by atoms with Crippen molar-refractivity contribution in [1.29, 1.82) is 0 Å². The number of benzene rings is 1. The molecule has 0 spiro atoms. The van der Waals surface area contributed by atoms with Crippen LogP contribution in [0.5, 0.6) is 0 Å². The fraction of sp³-hybridized carbons (Fsp3) is 0.222. The second-order valence-electron chi connectivity index (χ2n) is 3.16. The smallest absolute Gasteiger partial charge is 0.254 e. The van der Waals surface area contributed by atoms with Crippen LogP contribution in [0.4, 0.5) is 5.69 Å². The molecule has 1 aromatic carbocycles. The molecule has 1 aliphatic rings. The van der Waals surface area contributed by atoms with Gasteiger partial charge in [0.05, 0.1) is 11.3 Å². The molecule has 0 aromatic heterocycles. The van der Waals surface area contributed by atoms with E-state index in [9.17, 15) is 4.79 Å². The van der Waals surface area contributed by atoms with Gasteiger partial charge in [0.1, 0.15) is 0 Å². The number of hydrogen-bond donors (Lipinski definition) is 0. The van der Waals surface area contributed by atoms with Crippen molar-refractivity contribution in [3.05, 3.63) is 39.8 Å². The summed E-state index contributed by atoms with van der Waals surface area (Å²) in [6.07, 6.45) is 0. The molecule has 70 valence electrons. The molecule has 1 heterocycles. The first-order valence-electron chi connectivity index (χ1n) is 4.16. The lowest BCUT2D eigenvalue weighted by Crippen LogP contribution is -2.17. The van der Waals surface area contributed by atoms with E-state index in [2.05, 4.69) is 10.0 Å². The van der Waals surface area contributed by atoms with Gasteiger partial charge < -0.3 is 4.90 Å². The average Bonchev–Trinajstić information content (AvgIpc) is 2.45. The lowest BCUT2D eigenvalue weighted by Gasteiger charge is -2.05. The molecule has 0 saturated carbocycles. The van der Waals surface area contributed by atoms with Gasteiger partial charge in [-0.15, -0.1) is 0 Å². The van der Waals surface area contributed by atoms with Crippen LogP contribution < -0.4 is 0 Å². The summed E-state index contributed by atoms with van der Waals surface area (Å²) >= 11 is 0. The second kappa shape index (κ2) is 3.05. The van der Waals surface area contributed by atoms with Crippen LogP contribution in [0.2, 0.25) is 0 Å². The van der Waals surface area contributed by atoms with Gasteiger partial charge in [0.25, 0.3) is 5.91 Å². The highest BCUT2D eigenvalue weighted by atomic mass is 16.2. The first-order valence-corrected chi connectivity index (χ1v) is 4.16. The molecule has 0 fully saturated rings. The molecule has 14 heavy (non-hydrogen) atoms.